The van der Waals surface area contributed by atoms with Gasteiger partial charge >= 0.3 is 0 Å². The van der Waals surface area contributed by atoms with E-state index < -0.39 is 11.6 Å². The summed E-state index contributed by atoms with van der Waals surface area (Å²) < 4.78 is 33.1. The summed E-state index contributed by atoms with van der Waals surface area (Å²) in [7, 11) is 0. The number of rotatable bonds is 6. The maximum absolute atomic E-state index is 13.9. The van der Waals surface area contributed by atoms with Gasteiger partial charge < -0.3 is 10.1 Å². The van der Waals surface area contributed by atoms with Crippen LogP contribution in [0.15, 0.2) is 17.5 Å². The first-order valence-corrected chi connectivity index (χ1v) is 7.75. The molecule has 1 aliphatic rings. The monoisotopic (exact) mass is 310 g/mol. The molecule has 21 heavy (non-hydrogen) atoms. The van der Waals surface area contributed by atoms with Crippen molar-refractivity contribution in [1.82, 2.24) is 10.3 Å². The molecule has 0 radical (unpaired) electrons. The summed E-state index contributed by atoms with van der Waals surface area (Å²) in [6, 6.07) is 3.14. The van der Waals surface area contributed by atoms with Gasteiger partial charge in [-0.1, -0.05) is 0 Å². The topological polar surface area (TPSA) is 34.1 Å². The molecular formula is C15H16F2N2OS. The summed E-state index contributed by atoms with van der Waals surface area (Å²) in [5, 5.41) is 5.94. The van der Waals surface area contributed by atoms with Gasteiger partial charge in [0.25, 0.3) is 0 Å². The minimum Gasteiger partial charge on any atom is -0.481 e. The molecule has 3 nitrogen and oxygen atoms in total. The van der Waals surface area contributed by atoms with Crippen LogP contribution >= 0.6 is 11.3 Å². The van der Waals surface area contributed by atoms with E-state index in [4.69, 9.17) is 4.74 Å². The molecule has 2 aromatic rings. The molecule has 0 aliphatic heterocycles. The van der Waals surface area contributed by atoms with Crippen LogP contribution in [-0.4, -0.2) is 11.0 Å². The quantitative estimate of drug-likeness (QED) is 0.886. The number of ether oxygens (including phenoxy) is 1. The highest BCUT2D eigenvalue weighted by Gasteiger charge is 2.21. The third-order valence-electron chi connectivity index (χ3n) is 3.26. The SMILES string of the molecule is Cc1nc(COc2c(F)cc(CNC3CC3)cc2F)cs1. The number of thiazole rings is 1. The third-order valence-corrected chi connectivity index (χ3v) is 4.08. The number of hydrogen-bond acceptors (Lipinski definition) is 4. The Morgan fingerprint density at radius 3 is 2.62 bits per heavy atom. The van der Waals surface area contributed by atoms with Crippen LogP contribution in [0.1, 0.15) is 29.1 Å². The van der Waals surface area contributed by atoms with Crippen molar-refractivity contribution in [2.45, 2.75) is 39.0 Å². The molecule has 1 saturated carbocycles. The summed E-state index contributed by atoms with van der Waals surface area (Å²) in [4.78, 5) is 4.20. The Bertz CT molecular complexity index is 617. The average Bonchev–Trinajstić information content (AvgIpc) is 3.17. The molecule has 0 spiro atoms. The molecule has 1 fully saturated rings. The minimum absolute atomic E-state index is 0.0673. The van der Waals surface area contributed by atoms with Crippen LogP contribution in [-0.2, 0) is 13.2 Å². The second-order valence-electron chi connectivity index (χ2n) is 5.19. The van der Waals surface area contributed by atoms with Gasteiger partial charge in [0.15, 0.2) is 17.4 Å². The van der Waals surface area contributed by atoms with Crippen molar-refractivity contribution in [2.24, 2.45) is 0 Å². The van der Waals surface area contributed by atoms with Crippen LogP contribution in [0.3, 0.4) is 0 Å². The molecule has 1 heterocycles. The van der Waals surface area contributed by atoms with E-state index in [-0.39, 0.29) is 12.4 Å². The first kappa shape index (κ1) is 14.4. The Hall–Kier alpha value is -1.53. The van der Waals surface area contributed by atoms with E-state index in [1.165, 1.54) is 23.5 Å². The van der Waals surface area contributed by atoms with Gasteiger partial charge in [-0.15, -0.1) is 11.3 Å². The number of aryl methyl sites for hydroxylation is 1. The smallest absolute Gasteiger partial charge is 0.191 e. The van der Waals surface area contributed by atoms with Crippen LogP contribution in [0.25, 0.3) is 0 Å². The lowest BCUT2D eigenvalue weighted by atomic mass is 10.2. The van der Waals surface area contributed by atoms with Gasteiger partial charge in [-0.25, -0.2) is 13.8 Å². The molecule has 0 bridgehead atoms. The molecule has 1 aromatic heterocycles. The molecule has 112 valence electrons. The van der Waals surface area contributed by atoms with E-state index in [2.05, 4.69) is 10.3 Å². The maximum Gasteiger partial charge on any atom is 0.191 e. The zero-order chi connectivity index (χ0) is 14.8. The zero-order valence-corrected chi connectivity index (χ0v) is 12.5. The molecule has 0 unspecified atom stereocenters. The van der Waals surface area contributed by atoms with Crippen LogP contribution in [0, 0.1) is 18.6 Å². The molecule has 0 saturated heterocycles. The van der Waals surface area contributed by atoms with Crippen LogP contribution in [0.5, 0.6) is 5.75 Å². The summed E-state index contributed by atoms with van der Waals surface area (Å²) >= 11 is 1.48. The van der Waals surface area contributed by atoms with Gasteiger partial charge in [-0.05, 0) is 37.5 Å². The highest BCUT2D eigenvalue weighted by atomic mass is 32.1. The number of nitrogens with one attached hydrogen (secondary N) is 1. The molecule has 1 N–H and O–H groups in total. The van der Waals surface area contributed by atoms with Gasteiger partial charge in [0, 0.05) is 18.0 Å². The number of benzene rings is 1. The Labute approximate surface area is 126 Å². The fourth-order valence-corrected chi connectivity index (χ4v) is 2.62. The Kier molecular flexibility index (Phi) is 4.17. The van der Waals surface area contributed by atoms with Crippen molar-refractivity contribution in [1.29, 1.82) is 0 Å². The lowest BCUT2D eigenvalue weighted by Gasteiger charge is -2.10. The first-order chi connectivity index (χ1) is 10.1. The van der Waals surface area contributed by atoms with Crippen LogP contribution in [0.4, 0.5) is 8.78 Å². The fraction of sp³-hybridized carbons (Fsp3) is 0.400. The van der Waals surface area contributed by atoms with Crippen molar-refractivity contribution in [2.75, 3.05) is 0 Å². The number of hydrogen-bond donors (Lipinski definition) is 1. The third kappa shape index (κ3) is 3.77. The normalized spacial score (nSPS) is 14.4. The van der Waals surface area contributed by atoms with E-state index in [0.29, 0.717) is 23.8 Å². The van der Waals surface area contributed by atoms with E-state index in [1.54, 1.807) is 0 Å². The van der Waals surface area contributed by atoms with Gasteiger partial charge in [-0.2, -0.15) is 0 Å². The molecule has 6 heteroatoms. The largest absolute Gasteiger partial charge is 0.481 e. The predicted octanol–water partition coefficient (Wildman–Crippen LogP) is 3.56. The first-order valence-electron chi connectivity index (χ1n) is 6.87. The van der Waals surface area contributed by atoms with E-state index in [1.807, 2.05) is 12.3 Å². The fourth-order valence-electron chi connectivity index (χ4n) is 2.02. The minimum atomic E-state index is -0.672. The van der Waals surface area contributed by atoms with Crippen molar-refractivity contribution in [3.8, 4) is 5.75 Å². The van der Waals surface area contributed by atoms with E-state index in [9.17, 15) is 8.78 Å². The van der Waals surface area contributed by atoms with Crippen LogP contribution in [0.2, 0.25) is 0 Å². The zero-order valence-electron chi connectivity index (χ0n) is 11.7. The van der Waals surface area contributed by atoms with Crippen LogP contribution < -0.4 is 10.1 Å². The summed E-state index contributed by atoms with van der Waals surface area (Å²) in [6.07, 6.45) is 2.28. The van der Waals surface area contributed by atoms with Gasteiger partial charge in [0.05, 0.1) is 10.7 Å². The molecule has 0 atom stereocenters. The Balaban J connectivity index is 1.66. The summed E-state index contributed by atoms with van der Waals surface area (Å²) in [5.74, 6) is -1.68. The van der Waals surface area contributed by atoms with Crippen molar-refractivity contribution in [3.05, 3.63) is 45.4 Å². The van der Waals surface area contributed by atoms with Gasteiger partial charge in [0.1, 0.15) is 6.61 Å². The maximum atomic E-state index is 13.9. The van der Waals surface area contributed by atoms with Gasteiger partial charge in [-0.3, -0.25) is 0 Å². The Morgan fingerprint density at radius 1 is 1.33 bits per heavy atom. The van der Waals surface area contributed by atoms with Crippen molar-refractivity contribution < 1.29 is 13.5 Å². The molecule has 1 aliphatic carbocycles. The average molecular weight is 310 g/mol. The van der Waals surface area contributed by atoms with Gasteiger partial charge in [0.2, 0.25) is 0 Å². The molecular weight excluding hydrogens is 294 g/mol. The lowest BCUT2D eigenvalue weighted by molar-refractivity contribution is 0.270. The second-order valence-corrected chi connectivity index (χ2v) is 6.25. The number of nitrogens with zero attached hydrogens (tertiary/aromatic N) is 1. The number of halogens is 2. The highest BCUT2D eigenvalue weighted by Crippen LogP contribution is 2.25. The Morgan fingerprint density at radius 2 is 2.05 bits per heavy atom. The summed E-state index contributed by atoms with van der Waals surface area (Å²) in [5.41, 5.74) is 1.27. The molecule has 1 aromatic carbocycles. The second kappa shape index (κ2) is 6.07. The van der Waals surface area contributed by atoms with E-state index in [0.717, 1.165) is 17.8 Å². The molecule has 3 rings (SSSR count). The lowest BCUT2D eigenvalue weighted by Crippen LogP contribution is -2.15. The molecule has 0 amide bonds. The standard InChI is InChI=1S/C15H16F2N2OS/c1-9-19-12(8-21-9)7-20-15-13(16)4-10(5-14(15)17)6-18-11-2-3-11/h4-5,8,11,18H,2-3,6-7H2,1H3. The predicted molar refractivity (Wildman–Crippen MR) is 77.4 cm³/mol. The van der Waals surface area contributed by atoms with E-state index >= 15 is 0 Å². The number of aromatic nitrogens is 1. The van der Waals surface area contributed by atoms with Crippen molar-refractivity contribution in [3.63, 3.8) is 0 Å². The highest BCUT2D eigenvalue weighted by molar-refractivity contribution is 7.09. The summed E-state index contributed by atoms with van der Waals surface area (Å²) in [6.45, 7) is 2.42. The van der Waals surface area contributed by atoms with Crippen molar-refractivity contribution >= 4 is 11.3 Å².